The first kappa shape index (κ1) is 23.6. The SMILES string of the molecule is CCCCCCCCCCCCCCCCCC[SiH3].F[SiH3]. The summed E-state index contributed by atoms with van der Waals surface area (Å²) in [5, 5.41) is 0. The van der Waals surface area contributed by atoms with Gasteiger partial charge in [-0.2, -0.15) is 0 Å². The average molecular weight is 335 g/mol. The summed E-state index contributed by atoms with van der Waals surface area (Å²) in [6.07, 6.45) is 23.7. The molecule has 130 valence electrons. The molecule has 0 unspecified atom stereocenters. The Morgan fingerprint density at radius 3 is 0.952 bits per heavy atom. The van der Waals surface area contributed by atoms with E-state index in [1.165, 1.54) is 119 Å². The maximum Gasteiger partial charge on any atom is 0.201 e. The van der Waals surface area contributed by atoms with Gasteiger partial charge in [-0.05, 0) is 0 Å². The largest absolute Gasteiger partial charge is 0.327 e. The number of hydrogen-bond acceptors (Lipinski definition) is 0. The molecule has 0 bridgehead atoms. The lowest BCUT2D eigenvalue weighted by Gasteiger charge is -2.03. The summed E-state index contributed by atoms with van der Waals surface area (Å²) in [4.78, 5) is 0. The number of rotatable bonds is 16. The Balaban J connectivity index is 0. The molecule has 3 heteroatoms. The molecule has 0 aromatic heterocycles. The molecule has 0 radical (unpaired) electrons. The van der Waals surface area contributed by atoms with Crippen LogP contribution >= 0.6 is 0 Å². The minimum absolute atomic E-state index is 0.194. The maximum absolute atomic E-state index is 9.64. The van der Waals surface area contributed by atoms with Crippen LogP contribution < -0.4 is 0 Å². The van der Waals surface area contributed by atoms with Crippen LogP contribution in [0.25, 0.3) is 0 Å². The van der Waals surface area contributed by atoms with E-state index in [0.29, 0.717) is 0 Å². The lowest BCUT2D eigenvalue weighted by Crippen LogP contribution is -1.83. The molecule has 0 saturated heterocycles. The molecular formula is C18H43FSi2. The summed E-state index contributed by atoms with van der Waals surface area (Å²) < 4.78 is 9.64. The summed E-state index contributed by atoms with van der Waals surface area (Å²) in [7, 11) is 1.22. The minimum Gasteiger partial charge on any atom is -0.327 e. The zero-order chi connectivity index (χ0) is 16.0. The Morgan fingerprint density at radius 1 is 0.476 bits per heavy atom. The van der Waals surface area contributed by atoms with E-state index in [0.717, 1.165) is 0 Å². The molecule has 21 heavy (non-hydrogen) atoms. The van der Waals surface area contributed by atoms with Crippen molar-refractivity contribution in [2.45, 2.75) is 116 Å². The molecule has 0 aliphatic carbocycles. The van der Waals surface area contributed by atoms with Crippen molar-refractivity contribution in [3.8, 4) is 0 Å². The first-order valence-electron chi connectivity index (χ1n) is 9.79. The first-order chi connectivity index (χ1) is 10.4. The Morgan fingerprint density at radius 2 is 0.714 bits per heavy atom. The van der Waals surface area contributed by atoms with E-state index in [9.17, 15) is 4.11 Å². The molecule has 0 heterocycles. The van der Waals surface area contributed by atoms with Crippen LogP contribution in [0.3, 0.4) is 0 Å². The first-order valence-corrected chi connectivity index (χ1v) is 12.0. The smallest absolute Gasteiger partial charge is 0.201 e. The molecule has 0 aliphatic heterocycles. The maximum atomic E-state index is 9.64. The molecule has 0 amide bonds. The normalized spacial score (nSPS) is 10.6. The minimum atomic E-state index is -0.194. The fraction of sp³-hybridized carbons (Fsp3) is 1.00. The van der Waals surface area contributed by atoms with Crippen LogP contribution in [0.5, 0.6) is 0 Å². The molecule has 0 atom stereocenters. The predicted octanol–water partition coefficient (Wildman–Crippen LogP) is 5.27. The third-order valence-corrected chi connectivity index (χ3v) is 4.91. The molecule has 0 saturated carbocycles. The fourth-order valence-electron chi connectivity index (χ4n) is 2.80. The van der Waals surface area contributed by atoms with Gasteiger partial charge in [0.15, 0.2) is 0 Å². The van der Waals surface area contributed by atoms with E-state index in [1.54, 1.807) is 0 Å². The van der Waals surface area contributed by atoms with Crippen molar-refractivity contribution in [2.75, 3.05) is 0 Å². The summed E-state index contributed by atoms with van der Waals surface area (Å²) in [6, 6.07) is 1.51. The molecule has 0 nitrogen and oxygen atoms in total. The average Bonchev–Trinajstić information content (AvgIpc) is 2.53. The van der Waals surface area contributed by atoms with E-state index in [2.05, 4.69) is 6.92 Å². The Labute approximate surface area is 141 Å². The standard InChI is InChI=1S/C18H40Si.FH3Si/c1-2-3-4-5-6-7-8-9-10-11-12-13-14-15-16-17-18-19;1-2/h2-18H2,1,19H3;2H3. The molecule has 0 aromatic rings. The van der Waals surface area contributed by atoms with Crippen molar-refractivity contribution in [1.29, 1.82) is 0 Å². The van der Waals surface area contributed by atoms with Gasteiger partial charge in [-0.15, -0.1) is 0 Å². The summed E-state index contributed by atoms with van der Waals surface area (Å²) in [6.45, 7) is 2.30. The van der Waals surface area contributed by atoms with Gasteiger partial charge in [-0.25, -0.2) is 0 Å². The Kier molecular flexibility index (Phi) is 28.5. The summed E-state index contributed by atoms with van der Waals surface area (Å²) in [5.41, 5.74) is 0. The van der Waals surface area contributed by atoms with Gasteiger partial charge in [-0.3, -0.25) is 0 Å². The van der Waals surface area contributed by atoms with Gasteiger partial charge >= 0.3 is 0 Å². The van der Waals surface area contributed by atoms with Crippen LogP contribution in [0.1, 0.15) is 110 Å². The number of hydrogen-bond donors (Lipinski definition) is 0. The van der Waals surface area contributed by atoms with Gasteiger partial charge in [-0.1, -0.05) is 116 Å². The van der Waals surface area contributed by atoms with Crippen LogP contribution in [0, 0.1) is 0 Å². The molecular weight excluding hydrogens is 291 g/mol. The number of unbranched alkanes of at least 4 members (excludes halogenated alkanes) is 15. The van der Waals surface area contributed by atoms with Gasteiger partial charge in [0.25, 0.3) is 0 Å². The highest BCUT2D eigenvalue weighted by Crippen LogP contribution is 2.13. The van der Waals surface area contributed by atoms with Crippen molar-refractivity contribution >= 4 is 20.8 Å². The highest BCUT2D eigenvalue weighted by Gasteiger charge is 1.94. The Bertz CT molecular complexity index is 138. The number of halogens is 1. The third kappa shape index (κ3) is 25.6. The summed E-state index contributed by atoms with van der Waals surface area (Å²) in [5.74, 6) is 0. The Hall–Kier alpha value is 0.364. The van der Waals surface area contributed by atoms with Crippen molar-refractivity contribution < 1.29 is 4.11 Å². The van der Waals surface area contributed by atoms with Gasteiger partial charge in [0.05, 0.1) is 0 Å². The van der Waals surface area contributed by atoms with E-state index in [-0.39, 0.29) is 10.6 Å². The quantitative estimate of drug-likeness (QED) is 0.205. The van der Waals surface area contributed by atoms with Crippen molar-refractivity contribution in [1.82, 2.24) is 0 Å². The molecule has 0 aromatic carbocycles. The highest BCUT2D eigenvalue weighted by molar-refractivity contribution is 6.08. The second-order valence-corrected chi connectivity index (χ2v) is 7.30. The van der Waals surface area contributed by atoms with Crippen molar-refractivity contribution in [3.05, 3.63) is 0 Å². The fourth-order valence-corrected chi connectivity index (χ4v) is 3.30. The zero-order valence-corrected chi connectivity index (χ0v) is 19.4. The molecule has 0 spiro atoms. The van der Waals surface area contributed by atoms with Crippen LogP contribution in [0.4, 0.5) is 4.11 Å². The van der Waals surface area contributed by atoms with Crippen LogP contribution in [-0.4, -0.2) is 20.8 Å². The topological polar surface area (TPSA) is 0 Å². The van der Waals surface area contributed by atoms with Crippen molar-refractivity contribution in [2.24, 2.45) is 0 Å². The van der Waals surface area contributed by atoms with Crippen LogP contribution in [0.2, 0.25) is 6.04 Å². The van der Waals surface area contributed by atoms with Crippen LogP contribution in [-0.2, 0) is 0 Å². The van der Waals surface area contributed by atoms with E-state index < -0.39 is 0 Å². The second kappa shape index (κ2) is 25.3. The lowest BCUT2D eigenvalue weighted by atomic mass is 10.0. The summed E-state index contributed by atoms with van der Waals surface area (Å²) >= 11 is 0. The van der Waals surface area contributed by atoms with E-state index in [1.807, 2.05) is 0 Å². The molecule has 0 aliphatic rings. The van der Waals surface area contributed by atoms with Gasteiger partial charge in [0, 0.05) is 10.2 Å². The highest BCUT2D eigenvalue weighted by atomic mass is 28.2. The van der Waals surface area contributed by atoms with Gasteiger partial charge in [0.1, 0.15) is 0 Å². The lowest BCUT2D eigenvalue weighted by molar-refractivity contribution is 0.531. The van der Waals surface area contributed by atoms with Crippen molar-refractivity contribution in [3.63, 3.8) is 0 Å². The van der Waals surface area contributed by atoms with Gasteiger partial charge in [0.2, 0.25) is 10.6 Å². The van der Waals surface area contributed by atoms with Crippen LogP contribution in [0.15, 0.2) is 0 Å². The monoisotopic (exact) mass is 334 g/mol. The molecule has 0 rings (SSSR count). The van der Waals surface area contributed by atoms with E-state index in [4.69, 9.17) is 0 Å². The zero-order valence-electron chi connectivity index (χ0n) is 15.4. The van der Waals surface area contributed by atoms with E-state index >= 15 is 0 Å². The molecule has 0 N–H and O–H groups in total. The third-order valence-electron chi connectivity index (χ3n) is 4.21. The van der Waals surface area contributed by atoms with Gasteiger partial charge < -0.3 is 4.11 Å². The molecule has 0 fully saturated rings. The predicted molar refractivity (Wildman–Crippen MR) is 105 cm³/mol. The second-order valence-electron chi connectivity index (χ2n) is 6.30.